The molecule has 0 saturated heterocycles. The molecule has 1 aliphatic carbocycles. The molecule has 4 rings (SSSR count). The van der Waals surface area contributed by atoms with E-state index in [-0.39, 0.29) is 22.9 Å². The molecule has 0 spiro atoms. The lowest BCUT2D eigenvalue weighted by atomic mass is 9.70. The van der Waals surface area contributed by atoms with Gasteiger partial charge in [-0.05, 0) is 36.8 Å². The van der Waals surface area contributed by atoms with Crippen LogP contribution in [0.15, 0.2) is 30.3 Å². The minimum Gasteiger partial charge on any atom is -0.507 e. The maximum atomic E-state index is 13.2. The molecule has 0 unspecified atom stereocenters. The number of benzene rings is 2. The Morgan fingerprint density at radius 3 is 2.60 bits per heavy atom. The fraction of sp³-hybridized carbons (Fsp3) is 0.200. The van der Waals surface area contributed by atoms with E-state index >= 15 is 0 Å². The van der Waals surface area contributed by atoms with E-state index in [2.05, 4.69) is 4.98 Å². The van der Waals surface area contributed by atoms with Crippen LogP contribution in [0.4, 0.5) is 5.69 Å². The summed E-state index contributed by atoms with van der Waals surface area (Å²) in [6.45, 7) is 5.35. The number of aromatic hydroxyl groups is 1. The second-order valence-electron chi connectivity index (χ2n) is 7.11. The number of aromatic amines is 1. The lowest BCUT2D eigenvalue weighted by Crippen LogP contribution is -2.30. The lowest BCUT2D eigenvalue weighted by Gasteiger charge is -2.32. The molecule has 3 aromatic rings. The van der Waals surface area contributed by atoms with Crippen LogP contribution in [0, 0.1) is 0 Å². The molecule has 5 heteroatoms. The summed E-state index contributed by atoms with van der Waals surface area (Å²) in [5.41, 5.74) is 9.47. The van der Waals surface area contributed by atoms with E-state index in [1.54, 1.807) is 12.1 Å². The van der Waals surface area contributed by atoms with Crippen LogP contribution in [0.5, 0.6) is 5.75 Å². The van der Waals surface area contributed by atoms with Crippen LogP contribution in [-0.4, -0.2) is 21.7 Å². The molecular weight excluding hydrogens is 316 g/mol. The van der Waals surface area contributed by atoms with E-state index in [4.69, 9.17) is 5.73 Å². The highest BCUT2D eigenvalue weighted by atomic mass is 16.3. The van der Waals surface area contributed by atoms with E-state index in [0.29, 0.717) is 22.4 Å². The fourth-order valence-corrected chi connectivity index (χ4v) is 3.76. The third-order valence-electron chi connectivity index (χ3n) is 5.11. The molecule has 25 heavy (non-hydrogen) atoms. The predicted molar refractivity (Wildman–Crippen MR) is 96.4 cm³/mol. The number of hydrogen-bond acceptors (Lipinski definition) is 4. The topological polar surface area (TPSA) is 96.2 Å². The first-order chi connectivity index (χ1) is 11.7. The van der Waals surface area contributed by atoms with Gasteiger partial charge in [0, 0.05) is 33.3 Å². The number of H-pyrrole nitrogens is 1. The number of nitrogens with two attached hydrogens (primary N) is 1. The normalized spacial score (nSPS) is 15.1. The van der Waals surface area contributed by atoms with Crippen molar-refractivity contribution in [3.8, 4) is 5.75 Å². The zero-order valence-electron chi connectivity index (χ0n) is 14.2. The van der Waals surface area contributed by atoms with Crippen LogP contribution in [0.25, 0.3) is 10.9 Å². The Bertz CT molecular complexity index is 1090. The molecule has 0 fully saturated rings. The van der Waals surface area contributed by atoms with Gasteiger partial charge in [0.2, 0.25) is 0 Å². The highest BCUT2D eigenvalue weighted by Gasteiger charge is 2.40. The van der Waals surface area contributed by atoms with E-state index in [0.717, 1.165) is 16.6 Å². The average molecular weight is 334 g/mol. The Balaban J connectivity index is 2.09. The number of fused-ring (bicyclic) bond motifs is 4. The van der Waals surface area contributed by atoms with Crippen molar-refractivity contribution in [1.29, 1.82) is 0 Å². The van der Waals surface area contributed by atoms with Crippen molar-refractivity contribution < 1.29 is 14.7 Å². The summed E-state index contributed by atoms with van der Waals surface area (Å²) < 4.78 is 0. The number of ketones is 2. The number of rotatable bonds is 1. The number of anilines is 1. The SMILES string of the molecule is CC(=O)c1cc2c(cc1O)C(C)(C)c1[nH]c3cc(N)ccc3c1C2=O. The van der Waals surface area contributed by atoms with Gasteiger partial charge in [-0.2, -0.15) is 0 Å². The summed E-state index contributed by atoms with van der Waals surface area (Å²) in [7, 11) is 0. The molecule has 0 radical (unpaired) electrons. The summed E-state index contributed by atoms with van der Waals surface area (Å²) >= 11 is 0. The van der Waals surface area contributed by atoms with Crippen molar-refractivity contribution in [2.45, 2.75) is 26.2 Å². The first-order valence-corrected chi connectivity index (χ1v) is 8.06. The zero-order valence-corrected chi connectivity index (χ0v) is 14.2. The summed E-state index contributed by atoms with van der Waals surface area (Å²) in [5.74, 6) is -0.526. The Morgan fingerprint density at radius 1 is 1.20 bits per heavy atom. The van der Waals surface area contributed by atoms with E-state index < -0.39 is 5.41 Å². The van der Waals surface area contributed by atoms with Gasteiger partial charge in [0.25, 0.3) is 0 Å². The smallest absolute Gasteiger partial charge is 0.195 e. The molecule has 5 nitrogen and oxygen atoms in total. The molecule has 0 amide bonds. The number of phenolic OH excluding ortho intramolecular Hbond substituents is 1. The van der Waals surface area contributed by atoms with Gasteiger partial charge in [0.15, 0.2) is 11.6 Å². The van der Waals surface area contributed by atoms with Crippen LogP contribution in [0.1, 0.15) is 58.3 Å². The molecule has 2 aromatic carbocycles. The van der Waals surface area contributed by atoms with Crippen LogP contribution in [-0.2, 0) is 5.41 Å². The molecule has 1 heterocycles. The average Bonchev–Trinajstić information content (AvgIpc) is 2.92. The molecule has 0 aliphatic heterocycles. The van der Waals surface area contributed by atoms with Crippen molar-refractivity contribution in [3.63, 3.8) is 0 Å². The predicted octanol–water partition coefficient (Wildman–Crippen LogP) is 3.53. The summed E-state index contributed by atoms with van der Waals surface area (Å²) in [5, 5.41) is 11.0. The second kappa shape index (κ2) is 4.72. The molecule has 1 aromatic heterocycles. The standard InChI is InChI=1S/C20H18N2O3/c1-9(23)12-7-13-14(8-16(12)24)20(2,3)19-17(18(13)25)11-5-4-10(21)6-15(11)22-19/h4-8,22,24H,21H2,1-3H3. The van der Waals surface area contributed by atoms with E-state index in [9.17, 15) is 14.7 Å². The van der Waals surface area contributed by atoms with Gasteiger partial charge in [-0.3, -0.25) is 9.59 Å². The number of nitrogen functional groups attached to an aromatic ring is 1. The first kappa shape index (κ1) is 15.4. The monoisotopic (exact) mass is 334 g/mol. The van der Waals surface area contributed by atoms with Crippen LogP contribution in [0.2, 0.25) is 0 Å². The number of hydrogen-bond donors (Lipinski definition) is 3. The number of phenols is 1. The second-order valence-corrected chi connectivity index (χ2v) is 7.11. The van der Waals surface area contributed by atoms with Gasteiger partial charge in [-0.1, -0.05) is 19.9 Å². The lowest BCUT2D eigenvalue weighted by molar-refractivity contribution is 0.101. The van der Waals surface area contributed by atoms with Crippen LogP contribution in [0.3, 0.4) is 0 Å². The largest absolute Gasteiger partial charge is 0.507 e. The third kappa shape index (κ3) is 1.95. The molecule has 1 aliphatic rings. The summed E-state index contributed by atoms with van der Waals surface area (Å²) in [6, 6.07) is 8.46. The summed E-state index contributed by atoms with van der Waals surface area (Å²) in [6.07, 6.45) is 0. The number of carbonyl (C=O) groups excluding carboxylic acids is 2. The number of carbonyl (C=O) groups is 2. The molecule has 126 valence electrons. The van der Waals surface area contributed by atoms with Crippen molar-refractivity contribution in [2.75, 3.05) is 5.73 Å². The fourth-order valence-electron chi connectivity index (χ4n) is 3.76. The summed E-state index contributed by atoms with van der Waals surface area (Å²) in [4.78, 5) is 28.3. The van der Waals surface area contributed by atoms with Gasteiger partial charge in [-0.15, -0.1) is 0 Å². The van der Waals surface area contributed by atoms with Gasteiger partial charge < -0.3 is 15.8 Å². The maximum absolute atomic E-state index is 13.2. The highest BCUT2D eigenvalue weighted by molar-refractivity contribution is 6.21. The van der Waals surface area contributed by atoms with E-state index in [1.807, 2.05) is 19.9 Å². The molecule has 0 bridgehead atoms. The van der Waals surface area contributed by atoms with Crippen LogP contribution >= 0.6 is 0 Å². The van der Waals surface area contributed by atoms with Crippen molar-refractivity contribution >= 4 is 28.2 Å². The van der Waals surface area contributed by atoms with Gasteiger partial charge in [0.1, 0.15) is 5.75 Å². The van der Waals surface area contributed by atoms with Crippen molar-refractivity contribution in [2.24, 2.45) is 0 Å². The quantitative estimate of drug-likeness (QED) is 0.468. The van der Waals surface area contributed by atoms with Gasteiger partial charge in [0.05, 0.1) is 11.1 Å². The Labute approximate surface area is 144 Å². The third-order valence-corrected chi connectivity index (χ3v) is 5.11. The highest BCUT2D eigenvalue weighted by Crippen LogP contribution is 2.45. The van der Waals surface area contributed by atoms with E-state index in [1.165, 1.54) is 19.1 Å². The molecule has 0 atom stereocenters. The zero-order chi connectivity index (χ0) is 18.1. The van der Waals surface area contributed by atoms with Gasteiger partial charge in [-0.25, -0.2) is 0 Å². The minimum absolute atomic E-state index is 0.101. The molecular formula is C20H18N2O3. The molecule has 0 saturated carbocycles. The van der Waals surface area contributed by atoms with Crippen molar-refractivity contribution in [1.82, 2.24) is 4.98 Å². The van der Waals surface area contributed by atoms with Gasteiger partial charge >= 0.3 is 0 Å². The Hall–Kier alpha value is -3.08. The minimum atomic E-state index is -0.529. The number of Topliss-reactive ketones (excluding diaryl/α,β-unsaturated/α-hetero) is 1. The first-order valence-electron chi connectivity index (χ1n) is 8.06. The van der Waals surface area contributed by atoms with Crippen molar-refractivity contribution in [3.05, 3.63) is 58.3 Å². The van der Waals surface area contributed by atoms with Crippen LogP contribution < -0.4 is 5.73 Å². The Morgan fingerprint density at radius 2 is 1.92 bits per heavy atom. The number of aromatic nitrogens is 1. The Kier molecular flexibility index (Phi) is 2.92. The maximum Gasteiger partial charge on any atom is 0.195 e. The molecule has 4 N–H and O–H groups in total. The number of nitrogens with one attached hydrogen (secondary N) is 1.